The summed E-state index contributed by atoms with van der Waals surface area (Å²) in [6.45, 7) is 24.2. The average molecular weight is 502 g/mol. The van der Waals surface area contributed by atoms with Crippen molar-refractivity contribution in [3.05, 3.63) is 11.9 Å². The van der Waals surface area contributed by atoms with Gasteiger partial charge >= 0.3 is 0 Å². The van der Waals surface area contributed by atoms with Gasteiger partial charge in [0, 0.05) is 12.7 Å². The Morgan fingerprint density at radius 2 is 1.50 bits per heavy atom. The number of hydrogen-bond donors (Lipinski definition) is 1. The molecule has 0 aliphatic carbocycles. The summed E-state index contributed by atoms with van der Waals surface area (Å²) in [5.74, 6) is 1.65. The van der Waals surface area contributed by atoms with Crippen LogP contribution in [0.2, 0.25) is 0 Å². The molecular formula is C31H59N5. The molecule has 1 aromatic heterocycles. The first kappa shape index (κ1) is 29.6. The topological polar surface area (TPSA) is 46.0 Å². The summed E-state index contributed by atoms with van der Waals surface area (Å²) in [5.41, 5.74) is 2.34. The molecule has 2 fully saturated rings. The predicted octanol–water partition coefficient (Wildman–Crippen LogP) is 6.97. The molecule has 0 atom stereocenters. The van der Waals surface area contributed by atoms with Gasteiger partial charge in [0.2, 0.25) is 0 Å². The number of likely N-dealkylation sites (tertiary alicyclic amines) is 1. The van der Waals surface area contributed by atoms with Crippen molar-refractivity contribution < 1.29 is 0 Å². The predicted molar refractivity (Wildman–Crippen MR) is 153 cm³/mol. The summed E-state index contributed by atoms with van der Waals surface area (Å²) in [7, 11) is 0. The second-order valence-electron chi connectivity index (χ2n) is 15.1. The van der Waals surface area contributed by atoms with E-state index in [2.05, 4.69) is 79.9 Å². The molecule has 2 aliphatic heterocycles. The van der Waals surface area contributed by atoms with Crippen LogP contribution in [-0.2, 0) is 13.0 Å². The van der Waals surface area contributed by atoms with Crippen molar-refractivity contribution in [1.29, 1.82) is 0 Å². The third-order valence-corrected chi connectivity index (χ3v) is 8.83. The maximum Gasteiger partial charge on any atom is 0.0832 e. The van der Waals surface area contributed by atoms with Crippen molar-refractivity contribution in [2.75, 3.05) is 32.7 Å². The molecule has 0 bridgehead atoms. The molecule has 0 aromatic carbocycles. The average Bonchev–Trinajstić information content (AvgIpc) is 3.22. The van der Waals surface area contributed by atoms with Crippen LogP contribution in [0.4, 0.5) is 0 Å². The Balaban J connectivity index is 1.34. The van der Waals surface area contributed by atoms with E-state index in [9.17, 15) is 0 Å². The van der Waals surface area contributed by atoms with Gasteiger partial charge in [0.1, 0.15) is 0 Å². The summed E-state index contributed by atoms with van der Waals surface area (Å²) >= 11 is 0. The van der Waals surface area contributed by atoms with Crippen molar-refractivity contribution in [2.24, 2.45) is 28.1 Å². The summed E-state index contributed by atoms with van der Waals surface area (Å²) in [5, 5.41) is 12.5. The molecule has 0 spiro atoms. The lowest BCUT2D eigenvalue weighted by molar-refractivity contribution is 0.130. The Kier molecular flexibility index (Phi) is 10.9. The number of unbranched alkanes of at least 4 members (excludes halogenated alkanes) is 1. The molecular weight excluding hydrogens is 442 g/mol. The van der Waals surface area contributed by atoms with Gasteiger partial charge in [0.15, 0.2) is 0 Å². The summed E-state index contributed by atoms with van der Waals surface area (Å²) < 4.78 is 2.10. The minimum absolute atomic E-state index is 0.267. The van der Waals surface area contributed by atoms with Crippen molar-refractivity contribution in [2.45, 2.75) is 126 Å². The van der Waals surface area contributed by atoms with E-state index in [1.54, 1.807) is 0 Å². The molecule has 1 N–H and O–H groups in total. The van der Waals surface area contributed by atoms with Crippen molar-refractivity contribution in [3.8, 4) is 0 Å². The monoisotopic (exact) mass is 501 g/mol. The minimum atomic E-state index is 0.267. The molecule has 36 heavy (non-hydrogen) atoms. The Hall–Kier alpha value is -0.940. The van der Waals surface area contributed by atoms with Crippen LogP contribution in [0.5, 0.6) is 0 Å². The molecule has 1 aromatic rings. The number of nitrogens with one attached hydrogen (secondary N) is 1. The van der Waals surface area contributed by atoms with E-state index < -0.39 is 0 Å². The van der Waals surface area contributed by atoms with Gasteiger partial charge < -0.3 is 10.2 Å². The number of piperidine rings is 2. The molecule has 3 rings (SSSR count). The van der Waals surface area contributed by atoms with Crippen molar-refractivity contribution in [3.63, 3.8) is 0 Å². The third kappa shape index (κ3) is 11.2. The van der Waals surface area contributed by atoms with E-state index in [1.807, 2.05) is 0 Å². The van der Waals surface area contributed by atoms with Crippen LogP contribution in [0.1, 0.15) is 118 Å². The summed E-state index contributed by atoms with van der Waals surface area (Å²) in [6.07, 6.45) is 16.6. The maximum atomic E-state index is 4.54. The first-order valence-electron chi connectivity index (χ1n) is 15.2. The SMILES string of the molecule is CC(C)(C)CCCCN1CCC(CC(C)(C)CCC(C)(C)Cc2cn(CC3CCNCC3)nn2)CC1. The zero-order chi connectivity index (χ0) is 26.2. The maximum absolute atomic E-state index is 4.54. The Morgan fingerprint density at radius 3 is 2.17 bits per heavy atom. The fourth-order valence-electron chi connectivity index (χ4n) is 6.38. The van der Waals surface area contributed by atoms with Crippen LogP contribution >= 0.6 is 0 Å². The molecule has 208 valence electrons. The minimum Gasteiger partial charge on any atom is -0.317 e. The first-order valence-corrected chi connectivity index (χ1v) is 15.2. The lowest BCUT2D eigenvalue weighted by atomic mass is 9.72. The van der Waals surface area contributed by atoms with Gasteiger partial charge in [-0.1, -0.05) is 60.1 Å². The molecule has 0 amide bonds. The third-order valence-electron chi connectivity index (χ3n) is 8.83. The first-order chi connectivity index (χ1) is 16.9. The molecule has 3 heterocycles. The summed E-state index contributed by atoms with van der Waals surface area (Å²) in [4.78, 5) is 2.73. The smallest absolute Gasteiger partial charge is 0.0832 e. The second kappa shape index (κ2) is 13.2. The van der Waals surface area contributed by atoms with Crippen LogP contribution in [0.3, 0.4) is 0 Å². The van der Waals surface area contributed by atoms with Crippen LogP contribution in [0, 0.1) is 28.1 Å². The molecule has 2 saturated heterocycles. The highest BCUT2D eigenvalue weighted by atomic mass is 15.4. The molecule has 0 saturated carbocycles. The highest BCUT2D eigenvalue weighted by Crippen LogP contribution is 2.39. The molecule has 5 nitrogen and oxygen atoms in total. The fraction of sp³-hybridized carbons (Fsp3) is 0.935. The van der Waals surface area contributed by atoms with Gasteiger partial charge in [0.25, 0.3) is 0 Å². The Morgan fingerprint density at radius 1 is 0.833 bits per heavy atom. The normalized spacial score (nSPS) is 19.8. The highest BCUT2D eigenvalue weighted by molar-refractivity contribution is 4.97. The van der Waals surface area contributed by atoms with Crippen molar-refractivity contribution in [1.82, 2.24) is 25.2 Å². The highest BCUT2D eigenvalue weighted by Gasteiger charge is 2.30. The van der Waals surface area contributed by atoms with Gasteiger partial charge in [-0.15, -0.1) is 5.10 Å². The number of aromatic nitrogens is 3. The molecule has 0 unspecified atom stereocenters. The molecule has 2 aliphatic rings. The number of hydrogen-bond acceptors (Lipinski definition) is 4. The van der Waals surface area contributed by atoms with Gasteiger partial charge in [-0.2, -0.15) is 0 Å². The molecule has 0 radical (unpaired) electrons. The lowest BCUT2D eigenvalue weighted by Crippen LogP contribution is -2.36. The van der Waals surface area contributed by atoms with Gasteiger partial charge in [-0.3, -0.25) is 4.68 Å². The lowest BCUT2D eigenvalue weighted by Gasteiger charge is -2.37. The van der Waals surface area contributed by atoms with E-state index >= 15 is 0 Å². The van der Waals surface area contributed by atoms with Gasteiger partial charge in [-0.05, 0) is 125 Å². The van der Waals surface area contributed by atoms with Gasteiger partial charge in [-0.25, -0.2) is 0 Å². The van der Waals surface area contributed by atoms with Gasteiger partial charge in [0.05, 0.1) is 5.69 Å². The largest absolute Gasteiger partial charge is 0.317 e. The van der Waals surface area contributed by atoms with Crippen LogP contribution in [-0.4, -0.2) is 52.6 Å². The quantitative estimate of drug-likeness (QED) is 0.296. The standard InChI is InChI=1S/C31H59N5/c1-29(2,3)14-8-9-19-35-20-12-26(13-21-35)22-30(4,5)15-16-31(6,7)23-28-25-36(34-33-28)24-27-10-17-32-18-11-27/h25-27,32H,8-24H2,1-7H3. The van der Waals surface area contributed by atoms with E-state index in [0.29, 0.717) is 10.8 Å². The van der Waals surface area contributed by atoms with E-state index in [0.717, 1.165) is 37.9 Å². The van der Waals surface area contributed by atoms with E-state index in [4.69, 9.17) is 0 Å². The number of rotatable bonds is 13. The second-order valence-corrected chi connectivity index (χ2v) is 15.1. The number of nitrogens with zero attached hydrogens (tertiary/aromatic N) is 4. The zero-order valence-corrected chi connectivity index (χ0v) is 25.0. The summed E-state index contributed by atoms with van der Waals surface area (Å²) in [6, 6.07) is 0. The van der Waals surface area contributed by atoms with Crippen molar-refractivity contribution >= 4 is 0 Å². The Bertz CT molecular complexity index is 745. The zero-order valence-electron chi connectivity index (χ0n) is 25.0. The van der Waals surface area contributed by atoms with E-state index in [-0.39, 0.29) is 5.41 Å². The van der Waals surface area contributed by atoms with Crippen LogP contribution in [0.15, 0.2) is 6.20 Å². The Labute approximate surface area is 223 Å². The van der Waals surface area contributed by atoms with Crippen LogP contribution < -0.4 is 5.32 Å². The fourth-order valence-corrected chi connectivity index (χ4v) is 6.38. The van der Waals surface area contributed by atoms with Crippen LogP contribution in [0.25, 0.3) is 0 Å². The molecule has 5 heteroatoms. The van der Waals surface area contributed by atoms with E-state index in [1.165, 1.54) is 89.5 Å².